The largest absolute Gasteiger partial charge is 0.293 e. The number of pyridine rings is 1. The molecule has 2 rings (SSSR count). The average molecular weight is 284 g/mol. The molecule has 0 N–H and O–H groups in total. The van der Waals surface area contributed by atoms with Gasteiger partial charge in [-0.1, -0.05) is 4.49 Å². The van der Waals surface area contributed by atoms with E-state index in [1.54, 1.807) is 12.4 Å². The van der Waals surface area contributed by atoms with Gasteiger partial charge in [-0.25, -0.2) is 0 Å². The lowest BCUT2D eigenvalue weighted by molar-refractivity contribution is 0.0996. The third-order valence-electron chi connectivity index (χ3n) is 1.76. The lowest BCUT2D eigenvalue weighted by Crippen LogP contribution is -2.01. The number of aromatic nitrogens is 3. The maximum atomic E-state index is 11.7. The van der Waals surface area contributed by atoms with Crippen molar-refractivity contribution in [1.29, 1.82) is 0 Å². The molecule has 0 amide bonds. The number of ketones is 1. The molecule has 0 spiro atoms. The van der Waals surface area contributed by atoms with Crippen LogP contribution in [-0.4, -0.2) is 20.4 Å². The smallest absolute Gasteiger partial charge is 0.180 e. The molecule has 0 aliphatic rings. The molecule has 0 radical (unpaired) electrons. The van der Waals surface area contributed by atoms with E-state index in [0.717, 1.165) is 21.6 Å². The highest BCUT2D eigenvalue weighted by Gasteiger charge is 2.09. The Morgan fingerprint density at radius 1 is 1.40 bits per heavy atom. The highest BCUT2D eigenvalue weighted by molar-refractivity contribution is 9.10. The maximum Gasteiger partial charge on any atom is 0.180 e. The lowest BCUT2D eigenvalue weighted by atomic mass is 10.1. The Bertz CT molecular complexity index is 472. The van der Waals surface area contributed by atoms with Crippen LogP contribution in [0.25, 0.3) is 0 Å². The summed E-state index contributed by atoms with van der Waals surface area (Å²) in [5.74, 6) is 0.0184. The van der Waals surface area contributed by atoms with E-state index in [9.17, 15) is 4.79 Å². The molecular weight excluding hydrogens is 278 g/mol. The Morgan fingerprint density at radius 3 is 2.93 bits per heavy atom. The van der Waals surface area contributed by atoms with E-state index in [1.807, 2.05) is 6.07 Å². The van der Waals surface area contributed by atoms with Crippen molar-refractivity contribution in [2.75, 3.05) is 0 Å². The first-order chi connectivity index (χ1) is 7.25. The molecule has 0 aromatic carbocycles. The Labute approximate surface area is 98.7 Å². The summed E-state index contributed by atoms with van der Waals surface area (Å²) in [6.07, 6.45) is 5.17. The molecule has 2 aromatic heterocycles. The number of carbonyl (C=O) groups is 1. The molecule has 76 valence electrons. The topological polar surface area (TPSA) is 55.7 Å². The van der Waals surface area contributed by atoms with Crippen molar-refractivity contribution in [1.82, 2.24) is 14.6 Å². The molecule has 0 aliphatic heterocycles. The van der Waals surface area contributed by atoms with Gasteiger partial charge < -0.3 is 0 Å². The fourth-order valence-electron chi connectivity index (χ4n) is 1.12. The Kier molecular flexibility index (Phi) is 3.17. The zero-order chi connectivity index (χ0) is 10.7. The number of nitrogens with zero attached hydrogens (tertiary/aromatic N) is 3. The number of hydrogen-bond acceptors (Lipinski definition) is 5. The minimum atomic E-state index is 0.0184. The van der Waals surface area contributed by atoms with Gasteiger partial charge in [-0.05, 0) is 39.1 Å². The Balaban J connectivity index is 2.13. The summed E-state index contributed by atoms with van der Waals surface area (Å²) in [7, 11) is 0. The lowest BCUT2D eigenvalue weighted by Gasteiger charge is -1.98. The molecule has 6 heteroatoms. The van der Waals surface area contributed by atoms with Crippen LogP contribution >= 0.6 is 27.5 Å². The van der Waals surface area contributed by atoms with Crippen molar-refractivity contribution in [3.05, 3.63) is 39.6 Å². The van der Waals surface area contributed by atoms with Crippen molar-refractivity contribution < 1.29 is 4.79 Å². The quantitative estimate of drug-likeness (QED) is 0.810. The van der Waals surface area contributed by atoms with Gasteiger partial charge in [0.05, 0.1) is 6.20 Å². The monoisotopic (exact) mass is 283 g/mol. The molecule has 0 saturated heterocycles. The van der Waals surface area contributed by atoms with E-state index in [4.69, 9.17) is 0 Å². The third kappa shape index (κ3) is 2.66. The summed E-state index contributed by atoms with van der Waals surface area (Å²) in [6.45, 7) is 0. The zero-order valence-electron chi connectivity index (χ0n) is 7.55. The maximum absolute atomic E-state index is 11.7. The second kappa shape index (κ2) is 4.59. The number of Topliss-reactive ketones (excluding diaryl/α,β-unsaturated/α-hetero) is 1. The van der Waals surface area contributed by atoms with Crippen molar-refractivity contribution >= 4 is 33.2 Å². The number of carbonyl (C=O) groups excluding carboxylic acids is 1. The van der Waals surface area contributed by atoms with Crippen LogP contribution in [0.2, 0.25) is 0 Å². The number of rotatable bonds is 3. The van der Waals surface area contributed by atoms with Crippen molar-refractivity contribution in [2.45, 2.75) is 6.42 Å². The highest BCUT2D eigenvalue weighted by Crippen LogP contribution is 2.13. The first-order valence-corrected chi connectivity index (χ1v) is 5.72. The molecule has 4 nitrogen and oxygen atoms in total. The Hall–Kier alpha value is -1.14. The molecule has 0 aliphatic carbocycles. The summed E-state index contributed by atoms with van der Waals surface area (Å²) < 4.78 is 4.52. The van der Waals surface area contributed by atoms with E-state index >= 15 is 0 Å². The van der Waals surface area contributed by atoms with Crippen LogP contribution in [0.15, 0.2) is 29.1 Å². The van der Waals surface area contributed by atoms with Gasteiger partial charge in [0.1, 0.15) is 4.88 Å². The van der Waals surface area contributed by atoms with Crippen LogP contribution < -0.4 is 0 Å². The van der Waals surface area contributed by atoms with Crippen LogP contribution in [0, 0.1) is 0 Å². The molecule has 15 heavy (non-hydrogen) atoms. The van der Waals surface area contributed by atoms with E-state index in [-0.39, 0.29) is 5.78 Å². The predicted molar refractivity (Wildman–Crippen MR) is 59.9 cm³/mol. The summed E-state index contributed by atoms with van der Waals surface area (Å²) in [6, 6.07) is 1.87. The second-order valence-corrected chi connectivity index (χ2v) is 4.59. The zero-order valence-corrected chi connectivity index (χ0v) is 9.96. The van der Waals surface area contributed by atoms with Crippen LogP contribution in [0.5, 0.6) is 0 Å². The first kappa shape index (κ1) is 10.4. The SMILES string of the molecule is O=C(Cc1cncc(Br)c1)c1cnns1. The van der Waals surface area contributed by atoms with Gasteiger partial charge in [0, 0.05) is 23.3 Å². The van der Waals surface area contributed by atoms with E-state index in [2.05, 4.69) is 30.5 Å². The average Bonchev–Trinajstić information content (AvgIpc) is 2.70. The predicted octanol–water partition coefficient (Wildman–Crippen LogP) is 2.12. The van der Waals surface area contributed by atoms with E-state index in [1.165, 1.54) is 6.20 Å². The van der Waals surface area contributed by atoms with Crippen LogP contribution in [-0.2, 0) is 6.42 Å². The van der Waals surface area contributed by atoms with E-state index in [0.29, 0.717) is 11.3 Å². The number of hydrogen-bond donors (Lipinski definition) is 0. The molecular formula is C9H6BrN3OS. The standard InChI is InChI=1S/C9H6BrN3OS/c10-7-1-6(3-11-4-7)2-8(14)9-5-12-13-15-9/h1,3-5H,2H2. The normalized spacial score (nSPS) is 10.2. The van der Waals surface area contributed by atoms with Crippen LogP contribution in [0.3, 0.4) is 0 Å². The molecule has 2 heterocycles. The first-order valence-electron chi connectivity index (χ1n) is 4.15. The van der Waals surface area contributed by atoms with Gasteiger partial charge in [-0.3, -0.25) is 9.78 Å². The van der Waals surface area contributed by atoms with Crippen molar-refractivity contribution in [2.24, 2.45) is 0 Å². The van der Waals surface area contributed by atoms with Gasteiger partial charge in [-0.15, -0.1) is 5.10 Å². The van der Waals surface area contributed by atoms with Gasteiger partial charge in [0.15, 0.2) is 5.78 Å². The van der Waals surface area contributed by atoms with Gasteiger partial charge in [0.25, 0.3) is 0 Å². The second-order valence-electron chi connectivity index (χ2n) is 2.89. The summed E-state index contributed by atoms with van der Waals surface area (Å²) >= 11 is 4.42. The molecule has 0 unspecified atom stereocenters. The minimum Gasteiger partial charge on any atom is -0.293 e. The van der Waals surface area contributed by atoms with Crippen LogP contribution in [0.1, 0.15) is 15.2 Å². The third-order valence-corrected chi connectivity index (χ3v) is 2.90. The minimum absolute atomic E-state index is 0.0184. The molecule has 2 aromatic rings. The molecule has 0 bridgehead atoms. The fraction of sp³-hybridized carbons (Fsp3) is 0.111. The summed E-state index contributed by atoms with van der Waals surface area (Å²) in [5, 5.41) is 3.63. The van der Waals surface area contributed by atoms with Crippen LogP contribution in [0.4, 0.5) is 0 Å². The van der Waals surface area contributed by atoms with Gasteiger partial charge >= 0.3 is 0 Å². The molecule has 0 fully saturated rings. The molecule has 0 saturated carbocycles. The number of halogens is 1. The van der Waals surface area contributed by atoms with Gasteiger partial charge in [-0.2, -0.15) is 0 Å². The fourth-order valence-corrected chi connectivity index (χ4v) is 1.98. The van der Waals surface area contributed by atoms with Crippen molar-refractivity contribution in [3.63, 3.8) is 0 Å². The Morgan fingerprint density at radius 2 is 2.27 bits per heavy atom. The van der Waals surface area contributed by atoms with E-state index < -0.39 is 0 Å². The highest BCUT2D eigenvalue weighted by atomic mass is 79.9. The van der Waals surface area contributed by atoms with Crippen molar-refractivity contribution in [3.8, 4) is 0 Å². The van der Waals surface area contributed by atoms with Gasteiger partial charge in [0.2, 0.25) is 0 Å². The summed E-state index contributed by atoms with van der Waals surface area (Å²) in [4.78, 5) is 16.2. The molecule has 0 atom stereocenters. The summed E-state index contributed by atoms with van der Waals surface area (Å²) in [5.41, 5.74) is 0.878.